The third-order valence-corrected chi connectivity index (χ3v) is 6.80. The van der Waals surface area contributed by atoms with E-state index < -0.39 is 10.0 Å². The van der Waals surface area contributed by atoms with E-state index in [2.05, 4.69) is 36.6 Å². The van der Waals surface area contributed by atoms with Gasteiger partial charge in [0, 0.05) is 8.95 Å². The van der Waals surface area contributed by atoms with Crippen molar-refractivity contribution in [1.29, 1.82) is 0 Å². The first-order valence-electron chi connectivity index (χ1n) is 6.27. The van der Waals surface area contributed by atoms with Gasteiger partial charge in [-0.1, -0.05) is 33.6 Å². The highest BCUT2D eigenvalue weighted by molar-refractivity contribution is 9.11. The molecule has 0 saturated carbocycles. The van der Waals surface area contributed by atoms with Crippen molar-refractivity contribution in [3.8, 4) is 0 Å². The Kier molecular flexibility index (Phi) is 4.80. The van der Waals surface area contributed by atoms with E-state index in [9.17, 15) is 8.42 Å². The Morgan fingerprint density at radius 1 is 0.952 bits per heavy atom. The molecule has 0 saturated heterocycles. The number of benzene rings is 2. The van der Waals surface area contributed by atoms with Crippen molar-refractivity contribution in [1.82, 2.24) is 0 Å². The first kappa shape index (κ1) is 16.5. The van der Waals surface area contributed by atoms with Gasteiger partial charge < -0.3 is 0 Å². The van der Waals surface area contributed by atoms with E-state index in [-0.39, 0.29) is 4.90 Å². The van der Waals surface area contributed by atoms with Crippen LogP contribution in [0.15, 0.2) is 44.2 Å². The average Bonchev–Trinajstić information content (AvgIpc) is 2.42. The minimum Gasteiger partial charge on any atom is -0.278 e. The molecule has 0 amide bonds. The summed E-state index contributed by atoms with van der Waals surface area (Å²) in [5.41, 5.74) is 3.48. The Bertz CT molecular complexity index is 784. The monoisotopic (exact) mass is 431 g/mol. The molecule has 21 heavy (non-hydrogen) atoms. The predicted octanol–water partition coefficient (Wildman–Crippen LogP) is 4.94. The van der Waals surface area contributed by atoms with Gasteiger partial charge >= 0.3 is 0 Å². The molecule has 0 aliphatic rings. The second kappa shape index (κ2) is 6.10. The highest BCUT2D eigenvalue weighted by Crippen LogP contribution is 2.35. The molecule has 0 atom stereocenters. The summed E-state index contributed by atoms with van der Waals surface area (Å²) in [5, 5.41) is 0. The Balaban J connectivity index is 2.44. The van der Waals surface area contributed by atoms with Gasteiger partial charge in [0.05, 0.1) is 10.6 Å². The number of nitrogens with one attached hydrogen (secondary N) is 1. The van der Waals surface area contributed by atoms with E-state index in [1.54, 1.807) is 30.3 Å². The van der Waals surface area contributed by atoms with Crippen molar-refractivity contribution in [3.63, 3.8) is 0 Å². The lowest BCUT2D eigenvalue weighted by Crippen LogP contribution is -2.13. The smallest absolute Gasteiger partial charge is 0.261 e. The van der Waals surface area contributed by atoms with Gasteiger partial charge in [-0.3, -0.25) is 4.72 Å². The van der Waals surface area contributed by atoms with Gasteiger partial charge in [-0.15, -0.1) is 0 Å². The van der Waals surface area contributed by atoms with Crippen LogP contribution in [0.25, 0.3) is 0 Å². The zero-order chi connectivity index (χ0) is 15.8. The van der Waals surface area contributed by atoms with Crippen LogP contribution >= 0.6 is 31.9 Å². The Morgan fingerprint density at radius 3 is 2.10 bits per heavy atom. The van der Waals surface area contributed by atoms with Crippen LogP contribution < -0.4 is 4.72 Å². The van der Waals surface area contributed by atoms with E-state index in [0.29, 0.717) is 5.69 Å². The fourth-order valence-corrected chi connectivity index (χ4v) is 4.12. The fraction of sp³-hybridized carbons (Fsp3) is 0.200. The van der Waals surface area contributed by atoms with Crippen LogP contribution in [0.4, 0.5) is 5.69 Å². The molecule has 1 N–H and O–H groups in total. The zero-order valence-electron chi connectivity index (χ0n) is 11.9. The lowest BCUT2D eigenvalue weighted by Gasteiger charge is -2.14. The number of rotatable bonds is 3. The SMILES string of the molecule is Cc1ccc(S(=O)(=O)Nc2cc(C)c(Br)c(C)c2Br)cc1. The van der Waals surface area contributed by atoms with Gasteiger partial charge in [-0.2, -0.15) is 0 Å². The summed E-state index contributed by atoms with van der Waals surface area (Å²) in [6.45, 7) is 5.76. The third kappa shape index (κ3) is 3.49. The van der Waals surface area contributed by atoms with Crippen LogP contribution in [0.1, 0.15) is 16.7 Å². The van der Waals surface area contributed by atoms with Crippen molar-refractivity contribution in [3.05, 3.63) is 56.0 Å². The van der Waals surface area contributed by atoms with Crippen molar-refractivity contribution >= 4 is 47.6 Å². The van der Waals surface area contributed by atoms with Crippen LogP contribution in [0.2, 0.25) is 0 Å². The standard InChI is InChI=1S/C15H15Br2NO2S/c1-9-4-6-12(7-5-9)21(19,20)18-13-8-10(2)14(16)11(3)15(13)17/h4-8,18H,1-3H3. The van der Waals surface area contributed by atoms with E-state index in [1.165, 1.54) is 0 Å². The quantitative estimate of drug-likeness (QED) is 0.746. The van der Waals surface area contributed by atoms with Crippen molar-refractivity contribution < 1.29 is 8.42 Å². The molecule has 0 heterocycles. The molecule has 2 rings (SSSR count). The van der Waals surface area contributed by atoms with Gasteiger partial charge in [0.1, 0.15) is 0 Å². The van der Waals surface area contributed by atoms with Gasteiger partial charge in [0.15, 0.2) is 0 Å². The van der Waals surface area contributed by atoms with E-state index in [0.717, 1.165) is 25.6 Å². The Morgan fingerprint density at radius 2 is 1.52 bits per heavy atom. The summed E-state index contributed by atoms with van der Waals surface area (Å²) in [6, 6.07) is 8.56. The molecule has 0 radical (unpaired) electrons. The van der Waals surface area contributed by atoms with Crippen LogP contribution in [0.5, 0.6) is 0 Å². The largest absolute Gasteiger partial charge is 0.278 e. The van der Waals surface area contributed by atoms with Crippen molar-refractivity contribution in [2.75, 3.05) is 4.72 Å². The van der Waals surface area contributed by atoms with Gasteiger partial charge in [-0.05, 0) is 66.0 Å². The number of anilines is 1. The number of hydrogen-bond donors (Lipinski definition) is 1. The maximum Gasteiger partial charge on any atom is 0.261 e. The van der Waals surface area contributed by atoms with Crippen LogP contribution in [-0.4, -0.2) is 8.42 Å². The Labute approximate surface area is 142 Å². The minimum atomic E-state index is -3.59. The van der Waals surface area contributed by atoms with E-state index in [1.807, 2.05) is 20.8 Å². The van der Waals surface area contributed by atoms with Crippen molar-refractivity contribution in [2.45, 2.75) is 25.7 Å². The van der Waals surface area contributed by atoms with Gasteiger partial charge in [-0.25, -0.2) is 8.42 Å². The zero-order valence-corrected chi connectivity index (χ0v) is 15.9. The molecule has 0 fully saturated rings. The highest BCUT2D eigenvalue weighted by Gasteiger charge is 2.17. The normalized spacial score (nSPS) is 11.5. The summed E-state index contributed by atoms with van der Waals surface area (Å²) >= 11 is 6.93. The lowest BCUT2D eigenvalue weighted by molar-refractivity contribution is 0.601. The maximum atomic E-state index is 12.4. The molecular weight excluding hydrogens is 418 g/mol. The summed E-state index contributed by atoms with van der Waals surface area (Å²) in [6.07, 6.45) is 0. The molecule has 6 heteroatoms. The number of aryl methyl sites for hydroxylation is 2. The first-order valence-corrected chi connectivity index (χ1v) is 9.34. The molecule has 2 aromatic rings. The maximum absolute atomic E-state index is 12.4. The molecule has 0 unspecified atom stereocenters. The number of sulfonamides is 1. The fourth-order valence-electron chi connectivity index (χ4n) is 1.93. The second-order valence-corrected chi connectivity index (χ2v) is 8.18. The molecule has 112 valence electrons. The van der Waals surface area contributed by atoms with E-state index in [4.69, 9.17) is 0 Å². The van der Waals surface area contributed by atoms with Crippen molar-refractivity contribution in [2.24, 2.45) is 0 Å². The molecule has 0 spiro atoms. The summed E-state index contributed by atoms with van der Waals surface area (Å²) in [5.74, 6) is 0. The average molecular weight is 433 g/mol. The summed E-state index contributed by atoms with van der Waals surface area (Å²) in [7, 11) is -3.59. The van der Waals surface area contributed by atoms with Crippen LogP contribution in [0.3, 0.4) is 0 Å². The molecule has 0 bridgehead atoms. The van der Waals surface area contributed by atoms with E-state index >= 15 is 0 Å². The summed E-state index contributed by atoms with van der Waals surface area (Å²) < 4.78 is 29.2. The molecular formula is C15H15Br2NO2S. The third-order valence-electron chi connectivity index (χ3n) is 3.18. The molecule has 2 aromatic carbocycles. The number of halogens is 2. The van der Waals surface area contributed by atoms with Crippen LogP contribution in [0, 0.1) is 20.8 Å². The molecule has 0 aliphatic carbocycles. The van der Waals surface area contributed by atoms with Crippen LogP contribution in [-0.2, 0) is 10.0 Å². The van der Waals surface area contributed by atoms with Gasteiger partial charge in [0.2, 0.25) is 0 Å². The number of hydrogen-bond acceptors (Lipinski definition) is 2. The molecule has 0 aliphatic heterocycles. The highest BCUT2D eigenvalue weighted by atomic mass is 79.9. The predicted molar refractivity (Wildman–Crippen MR) is 93.3 cm³/mol. The lowest BCUT2D eigenvalue weighted by atomic mass is 10.1. The minimum absolute atomic E-state index is 0.248. The summed E-state index contributed by atoms with van der Waals surface area (Å²) in [4.78, 5) is 0.248. The first-order chi connectivity index (χ1) is 9.72. The topological polar surface area (TPSA) is 46.2 Å². The molecule has 0 aromatic heterocycles. The van der Waals surface area contributed by atoms with Gasteiger partial charge in [0.25, 0.3) is 10.0 Å². The Hall–Kier alpha value is -0.850. The molecule has 3 nitrogen and oxygen atoms in total. The second-order valence-electron chi connectivity index (χ2n) is 4.91.